The highest BCUT2D eigenvalue weighted by Crippen LogP contribution is 2.12. The number of hydrogen-bond acceptors (Lipinski definition) is 3. The first kappa shape index (κ1) is 17.0. The Kier molecular flexibility index (Phi) is 6.20. The van der Waals surface area contributed by atoms with Gasteiger partial charge in [0.15, 0.2) is 0 Å². The Morgan fingerprint density at radius 2 is 2.19 bits per heavy atom. The van der Waals surface area contributed by atoms with Gasteiger partial charge in [0.25, 0.3) is 0 Å². The zero-order valence-corrected chi connectivity index (χ0v) is 12.8. The largest absolute Gasteiger partial charge is 0.480 e. The second-order valence-electron chi connectivity index (χ2n) is 5.39. The number of nitrogens with zero attached hydrogens (tertiary/aromatic N) is 1. The molecule has 0 aliphatic heterocycles. The van der Waals surface area contributed by atoms with Gasteiger partial charge >= 0.3 is 12.0 Å². The summed E-state index contributed by atoms with van der Waals surface area (Å²) in [5.41, 5.74) is 0.930. The van der Waals surface area contributed by atoms with E-state index in [1.165, 1.54) is 6.92 Å². The molecule has 0 radical (unpaired) electrons. The van der Waals surface area contributed by atoms with Crippen molar-refractivity contribution in [1.82, 2.24) is 20.8 Å². The minimum absolute atomic E-state index is 0.393. The molecule has 118 valence electrons. The zero-order chi connectivity index (χ0) is 15.9. The number of hydrogen-bond donors (Lipinski definition) is 4. The van der Waals surface area contributed by atoms with Crippen molar-refractivity contribution in [2.75, 3.05) is 6.54 Å². The number of aryl methyl sites for hydroxylation is 2. The Bertz CT molecular complexity index is 486. The third-order valence-electron chi connectivity index (χ3n) is 3.45. The molecule has 21 heavy (non-hydrogen) atoms. The van der Waals surface area contributed by atoms with Crippen molar-refractivity contribution in [2.45, 2.75) is 52.0 Å². The van der Waals surface area contributed by atoms with Crippen LogP contribution < -0.4 is 10.6 Å². The molecule has 1 unspecified atom stereocenters. The van der Waals surface area contributed by atoms with Gasteiger partial charge in [-0.25, -0.2) is 9.59 Å². The topological polar surface area (TPSA) is 107 Å². The third-order valence-corrected chi connectivity index (χ3v) is 3.45. The molecule has 0 fully saturated rings. The van der Waals surface area contributed by atoms with E-state index in [-0.39, 0.29) is 0 Å². The zero-order valence-electron chi connectivity index (χ0n) is 12.8. The summed E-state index contributed by atoms with van der Waals surface area (Å²) < 4.78 is 0. The maximum Gasteiger partial charge on any atom is 0.329 e. The fourth-order valence-electron chi connectivity index (χ4n) is 2.13. The molecule has 1 rings (SSSR count). The van der Waals surface area contributed by atoms with Crippen LogP contribution in [0.2, 0.25) is 0 Å². The van der Waals surface area contributed by atoms with Crippen molar-refractivity contribution < 1.29 is 14.7 Å². The number of H-pyrrole nitrogens is 1. The molecule has 1 aromatic rings. The van der Waals surface area contributed by atoms with Crippen LogP contribution in [0.5, 0.6) is 0 Å². The van der Waals surface area contributed by atoms with Crippen LogP contribution in [-0.2, 0) is 11.2 Å². The lowest BCUT2D eigenvalue weighted by atomic mass is 9.97. The normalized spacial score (nSPS) is 13.5. The summed E-state index contributed by atoms with van der Waals surface area (Å²) in [5.74, 6) is -1.02. The number of carbonyl (C=O) groups is 2. The van der Waals surface area contributed by atoms with E-state index in [0.717, 1.165) is 24.1 Å². The van der Waals surface area contributed by atoms with E-state index < -0.39 is 17.5 Å². The van der Waals surface area contributed by atoms with Gasteiger partial charge in [0.05, 0.1) is 6.20 Å². The van der Waals surface area contributed by atoms with E-state index in [0.29, 0.717) is 19.4 Å². The summed E-state index contributed by atoms with van der Waals surface area (Å²) in [6, 6.07) is -0.447. The molecular formula is C14H24N4O3. The lowest BCUT2D eigenvalue weighted by molar-refractivity contribution is -0.144. The highest BCUT2D eigenvalue weighted by molar-refractivity contribution is 5.85. The van der Waals surface area contributed by atoms with Gasteiger partial charge in [-0.3, -0.25) is 5.10 Å². The summed E-state index contributed by atoms with van der Waals surface area (Å²) in [5, 5.41) is 21.2. The number of urea groups is 1. The second kappa shape index (κ2) is 7.66. The van der Waals surface area contributed by atoms with Gasteiger partial charge in [0.1, 0.15) is 5.54 Å². The maximum atomic E-state index is 11.8. The SMILES string of the molecule is CCCC(C)(NC(=O)NCCCc1cn[nH]c1C)C(=O)O. The van der Waals surface area contributed by atoms with Crippen LogP contribution in [0, 0.1) is 6.92 Å². The van der Waals surface area contributed by atoms with Gasteiger partial charge in [-0.05, 0) is 38.7 Å². The molecule has 0 saturated heterocycles. The number of aromatic amines is 1. The standard InChI is InChI=1S/C14H24N4O3/c1-4-7-14(3,12(19)20)17-13(21)15-8-5-6-11-9-16-18-10(11)2/h9H,4-8H2,1-3H3,(H,16,18)(H,19,20)(H2,15,17,21). The number of aromatic nitrogens is 2. The first-order valence-electron chi connectivity index (χ1n) is 7.17. The first-order chi connectivity index (χ1) is 9.89. The predicted octanol–water partition coefficient (Wildman–Crippen LogP) is 1.59. The van der Waals surface area contributed by atoms with Gasteiger partial charge in [-0.2, -0.15) is 5.10 Å². The van der Waals surface area contributed by atoms with Crippen LogP contribution in [0.4, 0.5) is 4.79 Å². The number of rotatable bonds is 8. The van der Waals surface area contributed by atoms with Crippen molar-refractivity contribution in [3.05, 3.63) is 17.5 Å². The third kappa shape index (κ3) is 5.09. The fourth-order valence-corrected chi connectivity index (χ4v) is 2.13. The van der Waals surface area contributed by atoms with Crippen LogP contribution in [0.25, 0.3) is 0 Å². The van der Waals surface area contributed by atoms with Crippen LogP contribution in [0.3, 0.4) is 0 Å². The summed E-state index contributed by atoms with van der Waals surface area (Å²) in [6.07, 6.45) is 4.43. The maximum absolute atomic E-state index is 11.8. The molecule has 0 aliphatic carbocycles. The van der Waals surface area contributed by atoms with E-state index in [1.807, 2.05) is 13.8 Å². The molecule has 1 atom stereocenters. The van der Waals surface area contributed by atoms with E-state index in [2.05, 4.69) is 20.8 Å². The summed E-state index contributed by atoms with van der Waals surface area (Å²) in [6.45, 7) is 5.84. The first-order valence-corrected chi connectivity index (χ1v) is 7.17. The number of aliphatic carboxylic acids is 1. The molecule has 1 heterocycles. The molecule has 0 spiro atoms. The van der Waals surface area contributed by atoms with Crippen molar-refractivity contribution in [2.24, 2.45) is 0 Å². The molecule has 0 aromatic carbocycles. The van der Waals surface area contributed by atoms with Crippen LogP contribution in [-0.4, -0.2) is 39.4 Å². The molecule has 0 aliphatic rings. The quantitative estimate of drug-likeness (QED) is 0.546. The van der Waals surface area contributed by atoms with E-state index in [9.17, 15) is 14.7 Å². The number of carboxylic acids is 1. The van der Waals surface area contributed by atoms with E-state index in [1.54, 1.807) is 6.20 Å². The van der Waals surface area contributed by atoms with Crippen LogP contribution >= 0.6 is 0 Å². The van der Waals surface area contributed by atoms with Gasteiger partial charge < -0.3 is 15.7 Å². The fraction of sp³-hybridized carbons (Fsp3) is 0.643. The Morgan fingerprint density at radius 3 is 2.71 bits per heavy atom. The second-order valence-corrected chi connectivity index (χ2v) is 5.39. The number of carboxylic acid groups (broad SMARTS) is 1. The summed E-state index contributed by atoms with van der Waals surface area (Å²) in [4.78, 5) is 23.0. The Balaban J connectivity index is 2.33. The van der Waals surface area contributed by atoms with E-state index in [4.69, 9.17) is 0 Å². The van der Waals surface area contributed by atoms with Crippen LogP contribution in [0.1, 0.15) is 44.4 Å². The minimum Gasteiger partial charge on any atom is -0.480 e. The van der Waals surface area contributed by atoms with Crippen molar-refractivity contribution in [1.29, 1.82) is 0 Å². The number of nitrogens with one attached hydrogen (secondary N) is 3. The highest BCUT2D eigenvalue weighted by atomic mass is 16.4. The Hall–Kier alpha value is -2.05. The Labute approximate surface area is 124 Å². The molecule has 0 saturated carbocycles. The molecular weight excluding hydrogens is 272 g/mol. The summed E-state index contributed by atoms with van der Waals surface area (Å²) >= 11 is 0. The highest BCUT2D eigenvalue weighted by Gasteiger charge is 2.33. The summed E-state index contributed by atoms with van der Waals surface area (Å²) in [7, 11) is 0. The predicted molar refractivity (Wildman–Crippen MR) is 79.1 cm³/mol. The van der Waals surface area contributed by atoms with Crippen molar-refractivity contribution in [3.63, 3.8) is 0 Å². The molecule has 0 bridgehead atoms. The lowest BCUT2D eigenvalue weighted by Gasteiger charge is -2.25. The number of amides is 2. The molecule has 4 N–H and O–H groups in total. The average molecular weight is 296 g/mol. The smallest absolute Gasteiger partial charge is 0.329 e. The van der Waals surface area contributed by atoms with Gasteiger partial charge in [-0.15, -0.1) is 0 Å². The molecule has 7 heteroatoms. The molecule has 7 nitrogen and oxygen atoms in total. The number of carbonyl (C=O) groups excluding carboxylic acids is 1. The Morgan fingerprint density at radius 1 is 1.48 bits per heavy atom. The van der Waals surface area contributed by atoms with Gasteiger partial charge in [0.2, 0.25) is 0 Å². The minimum atomic E-state index is -1.22. The van der Waals surface area contributed by atoms with E-state index >= 15 is 0 Å². The van der Waals surface area contributed by atoms with Crippen LogP contribution in [0.15, 0.2) is 6.20 Å². The van der Waals surface area contributed by atoms with Crippen molar-refractivity contribution >= 4 is 12.0 Å². The monoisotopic (exact) mass is 296 g/mol. The molecule has 1 aromatic heterocycles. The van der Waals surface area contributed by atoms with Gasteiger partial charge in [0, 0.05) is 12.2 Å². The van der Waals surface area contributed by atoms with Gasteiger partial charge in [-0.1, -0.05) is 13.3 Å². The lowest BCUT2D eigenvalue weighted by Crippen LogP contribution is -2.55. The molecule has 2 amide bonds. The van der Waals surface area contributed by atoms with Crippen molar-refractivity contribution in [3.8, 4) is 0 Å². The average Bonchev–Trinajstić information content (AvgIpc) is 2.80.